The monoisotopic (exact) mass is 302 g/mol. The number of halogens is 4. The van der Waals surface area contributed by atoms with Crippen LogP contribution in [0.1, 0.15) is 11.1 Å². The molecule has 2 aromatic carbocycles. The summed E-state index contributed by atoms with van der Waals surface area (Å²) in [6, 6.07) is 9.14. The Morgan fingerprint density at radius 2 is 1.53 bits per heavy atom. The van der Waals surface area contributed by atoms with E-state index in [4.69, 9.17) is 27.9 Å². The Morgan fingerprint density at radius 1 is 0.947 bits per heavy atom. The van der Waals surface area contributed by atoms with Crippen molar-refractivity contribution in [2.75, 3.05) is 0 Å². The van der Waals surface area contributed by atoms with Crippen LogP contribution in [-0.2, 0) is 12.5 Å². The molecule has 0 amide bonds. The minimum Gasteiger partial charge on any atom is -0.483 e. The maximum atomic E-state index is 13.6. The van der Waals surface area contributed by atoms with Gasteiger partial charge in [-0.2, -0.15) is 0 Å². The molecule has 2 rings (SSSR count). The fourth-order valence-electron chi connectivity index (χ4n) is 1.56. The summed E-state index contributed by atoms with van der Waals surface area (Å²) < 4.78 is 32.4. The van der Waals surface area contributed by atoms with Gasteiger partial charge in [-0.3, -0.25) is 0 Å². The lowest BCUT2D eigenvalue weighted by molar-refractivity contribution is 0.274. The second kappa shape index (κ2) is 6.22. The molecule has 2 aromatic rings. The van der Waals surface area contributed by atoms with Gasteiger partial charge in [-0.1, -0.05) is 23.7 Å². The van der Waals surface area contributed by atoms with Gasteiger partial charge in [0.05, 0.1) is 0 Å². The highest BCUT2D eigenvalue weighted by atomic mass is 35.5. The molecule has 0 saturated heterocycles. The van der Waals surface area contributed by atoms with Crippen LogP contribution in [0, 0.1) is 11.6 Å². The quantitative estimate of drug-likeness (QED) is 0.727. The summed E-state index contributed by atoms with van der Waals surface area (Å²) in [5.74, 6) is -1.87. The van der Waals surface area contributed by atoms with Gasteiger partial charge >= 0.3 is 0 Å². The van der Waals surface area contributed by atoms with E-state index in [9.17, 15) is 8.78 Å². The van der Waals surface area contributed by atoms with Gasteiger partial charge in [0.1, 0.15) is 6.61 Å². The predicted molar refractivity (Wildman–Crippen MR) is 71.7 cm³/mol. The highest BCUT2D eigenvalue weighted by Gasteiger charge is 2.12. The fourth-order valence-corrected chi connectivity index (χ4v) is 1.84. The molecule has 19 heavy (non-hydrogen) atoms. The van der Waals surface area contributed by atoms with E-state index in [0.717, 1.165) is 17.7 Å². The van der Waals surface area contributed by atoms with Gasteiger partial charge in [0.25, 0.3) is 0 Å². The Bertz CT molecular complexity index is 547. The summed E-state index contributed by atoms with van der Waals surface area (Å²) in [5, 5.41) is 0.590. The smallest absolute Gasteiger partial charge is 0.191 e. The highest BCUT2D eigenvalue weighted by Crippen LogP contribution is 2.25. The largest absolute Gasteiger partial charge is 0.483 e. The molecule has 0 spiro atoms. The molecule has 0 aliphatic rings. The van der Waals surface area contributed by atoms with Gasteiger partial charge < -0.3 is 4.74 Å². The number of ether oxygens (including phenoxy) is 1. The average molecular weight is 303 g/mol. The van der Waals surface area contributed by atoms with Crippen molar-refractivity contribution in [1.29, 1.82) is 0 Å². The van der Waals surface area contributed by atoms with E-state index in [1.54, 1.807) is 24.3 Å². The summed E-state index contributed by atoms with van der Waals surface area (Å²) in [5.41, 5.74) is 1.14. The molecule has 0 radical (unpaired) electrons. The number of alkyl halides is 1. The van der Waals surface area contributed by atoms with E-state index in [1.807, 2.05) is 0 Å². The third-order valence-corrected chi connectivity index (χ3v) is 3.07. The molecule has 0 aliphatic heterocycles. The number of hydrogen-bond acceptors (Lipinski definition) is 1. The normalized spacial score (nSPS) is 10.5. The summed E-state index contributed by atoms with van der Waals surface area (Å²) in [4.78, 5) is 0. The maximum Gasteiger partial charge on any atom is 0.191 e. The van der Waals surface area contributed by atoms with Crippen LogP contribution in [0.4, 0.5) is 8.78 Å². The Balaban J connectivity index is 2.13. The molecule has 5 heteroatoms. The lowest BCUT2D eigenvalue weighted by atomic mass is 10.2. The highest BCUT2D eigenvalue weighted by molar-refractivity contribution is 6.30. The van der Waals surface area contributed by atoms with Crippen molar-refractivity contribution in [1.82, 2.24) is 0 Å². The summed E-state index contributed by atoms with van der Waals surface area (Å²) >= 11 is 11.3. The zero-order chi connectivity index (χ0) is 13.8. The molecule has 0 heterocycles. The molecule has 0 saturated carbocycles. The van der Waals surface area contributed by atoms with Gasteiger partial charge in [-0.05, 0) is 35.4 Å². The van der Waals surface area contributed by atoms with Crippen LogP contribution in [0.2, 0.25) is 5.02 Å². The van der Waals surface area contributed by atoms with Crippen LogP contribution in [0.15, 0.2) is 36.4 Å². The van der Waals surface area contributed by atoms with E-state index in [0.29, 0.717) is 10.6 Å². The third kappa shape index (κ3) is 3.58. The first-order chi connectivity index (χ1) is 9.10. The Hall–Kier alpha value is -1.32. The Morgan fingerprint density at radius 3 is 2.05 bits per heavy atom. The molecular formula is C14H10Cl2F2O. The summed E-state index contributed by atoms with van der Waals surface area (Å²) in [6.45, 7) is 0.0607. The lowest BCUT2D eigenvalue weighted by Gasteiger charge is -2.09. The van der Waals surface area contributed by atoms with E-state index >= 15 is 0 Å². The summed E-state index contributed by atoms with van der Waals surface area (Å²) in [6.07, 6.45) is 0. The zero-order valence-electron chi connectivity index (χ0n) is 9.80. The fraction of sp³-hybridized carbons (Fsp3) is 0.143. The Labute approximate surface area is 119 Å². The molecule has 0 bridgehead atoms. The number of rotatable bonds is 4. The van der Waals surface area contributed by atoms with Crippen LogP contribution in [0.5, 0.6) is 5.75 Å². The molecule has 0 unspecified atom stereocenters. The van der Waals surface area contributed by atoms with Gasteiger partial charge in [-0.25, -0.2) is 8.78 Å². The minimum atomic E-state index is -0.760. The van der Waals surface area contributed by atoms with Crippen molar-refractivity contribution in [2.45, 2.75) is 12.5 Å². The van der Waals surface area contributed by atoms with Gasteiger partial charge in [-0.15, -0.1) is 11.6 Å². The second-order valence-electron chi connectivity index (χ2n) is 3.94. The van der Waals surface area contributed by atoms with Crippen LogP contribution in [0.25, 0.3) is 0 Å². The van der Waals surface area contributed by atoms with Gasteiger partial charge in [0, 0.05) is 10.9 Å². The molecule has 100 valence electrons. The molecular weight excluding hydrogens is 293 g/mol. The van der Waals surface area contributed by atoms with E-state index in [2.05, 4.69) is 0 Å². The lowest BCUT2D eigenvalue weighted by Crippen LogP contribution is -2.00. The first-order valence-electron chi connectivity index (χ1n) is 5.51. The molecule has 0 atom stereocenters. The minimum absolute atomic E-state index is 0.0469. The number of hydrogen-bond donors (Lipinski definition) is 0. The van der Waals surface area contributed by atoms with Crippen molar-refractivity contribution in [2.24, 2.45) is 0 Å². The zero-order valence-corrected chi connectivity index (χ0v) is 11.3. The van der Waals surface area contributed by atoms with Crippen molar-refractivity contribution in [3.63, 3.8) is 0 Å². The van der Waals surface area contributed by atoms with Gasteiger partial charge in [0.15, 0.2) is 17.4 Å². The molecule has 0 N–H and O–H groups in total. The molecule has 1 nitrogen and oxygen atoms in total. The van der Waals surface area contributed by atoms with E-state index in [-0.39, 0.29) is 12.5 Å². The molecule has 0 aromatic heterocycles. The number of benzene rings is 2. The van der Waals surface area contributed by atoms with Crippen molar-refractivity contribution in [3.05, 3.63) is 64.2 Å². The van der Waals surface area contributed by atoms with Crippen LogP contribution in [0.3, 0.4) is 0 Å². The van der Waals surface area contributed by atoms with E-state index < -0.39 is 17.4 Å². The topological polar surface area (TPSA) is 9.23 Å². The van der Waals surface area contributed by atoms with Crippen molar-refractivity contribution < 1.29 is 13.5 Å². The second-order valence-corrected chi connectivity index (χ2v) is 4.64. The predicted octanol–water partition coefficient (Wildman–Crippen LogP) is 4.94. The first-order valence-corrected chi connectivity index (χ1v) is 6.42. The maximum absolute atomic E-state index is 13.6. The summed E-state index contributed by atoms with van der Waals surface area (Å²) in [7, 11) is 0. The van der Waals surface area contributed by atoms with Crippen molar-refractivity contribution >= 4 is 23.2 Å². The SMILES string of the molecule is Fc1cc(CCl)cc(F)c1OCc1ccc(Cl)cc1. The Kier molecular flexibility index (Phi) is 4.61. The standard InChI is InChI=1S/C14H10Cl2F2O/c15-7-10-5-12(17)14(13(18)6-10)19-8-9-1-3-11(16)4-2-9/h1-6H,7-8H2. The van der Waals surface area contributed by atoms with Crippen LogP contribution in [-0.4, -0.2) is 0 Å². The van der Waals surface area contributed by atoms with E-state index in [1.165, 1.54) is 0 Å². The molecule has 0 aliphatic carbocycles. The molecule has 0 fully saturated rings. The first kappa shape index (κ1) is 14.1. The average Bonchev–Trinajstić information content (AvgIpc) is 2.39. The van der Waals surface area contributed by atoms with Crippen LogP contribution < -0.4 is 4.74 Å². The van der Waals surface area contributed by atoms with Gasteiger partial charge in [0.2, 0.25) is 0 Å². The van der Waals surface area contributed by atoms with Crippen LogP contribution >= 0.6 is 23.2 Å². The van der Waals surface area contributed by atoms with Crippen molar-refractivity contribution in [3.8, 4) is 5.75 Å². The third-order valence-electron chi connectivity index (χ3n) is 2.51.